The van der Waals surface area contributed by atoms with Crippen LogP contribution in [0.15, 0.2) is 120 Å². The van der Waals surface area contributed by atoms with Gasteiger partial charge in [0.1, 0.15) is 12.1 Å². The molecule has 0 saturated heterocycles. The van der Waals surface area contributed by atoms with Crippen molar-refractivity contribution in [2.24, 2.45) is 17.6 Å². The molecule has 0 radical (unpaired) electrons. The molecule has 376 valence electrons. The van der Waals surface area contributed by atoms with Crippen molar-refractivity contribution >= 4 is 23.8 Å². The van der Waals surface area contributed by atoms with Gasteiger partial charge >= 0.3 is 17.9 Å². The summed E-state index contributed by atoms with van der Waals surface area (Å²) in [6.07, 6.45) is 10.2. The third-order valence-corrected chi connectivity index (χ3v) is 12.0. The summed E-state index contributed by atoms with van der Waals surface area (Å²) in [7, 11) is 2.68. The van der Waals surface area contributed by atoms with E-state index in [9.17, 15) is 28.8 Å². The number of methoxy groups -OCH3 is 2. The molecule has 15 nitrogen and oxygen atoms in total. The molecule has 4 heterocycles. The standard InChI is InChI=1S/C28H33N3O4.C17H20N2O2.C11H15NO3/c1-17(2)27(31-11-10-18(3)12-24(31)32)28(34)30-23(14-25(33)35-6)21-13-22(16-29-15-21)26-19(4)8-7-9-20(26)5;1-11-5-4-6-12(2)17(11)14-7-13(9-19-10-14)15(18)8-16(20)21-3;1-7(2)10(11(14)15)12-5-4-8(3)6-9(12)13/h7-13,15-17,23,27H,14H2,1-6H3,(H,30,34);4-7,9-10,15H,8,18H2,1-3H3;4-7,10H,1-3H3,(H,14,15)/t23-,27?;15-;/m00./s1. The number of carboxylic acids is 1. The lowest BCUT2D eigenvalue weighted by molar-refractivity contribution is -0.143. The van der Waals surface area contributed by atoms with Crippen LogP contribution in [-0.2, 0) is 28.7 Å². The number of carboxylic acid groups (broad SMARTS) is 1. The van der Waals surface area contributed by atoms with Crippen molar-refractivity contribution in [3.8, 4) is 22.3 Å². The molecule has 2 aromatic carbocycles. The highest BCUT2D eigenvalue weighted by molar-refractivity contribution is 5.82. The van der Waals surface area contributed by atoms with Crippen molar-refractivity contribution < 1.29 is 33.8 Å². The number of nitrogens with zero attached hydrogens (tertiary/aromatic N) is 4. The molecule has 0 spiro atoms. The Hall–Kier alpha value is -7.52. The van der Waals surface area contributed by atoms with Gasteiger partial charge in [0, 0.05) is 66.5 Å². The van der Waals surface area contributed by atoms with Gasteiger partial charge in [-0.3, -0.25) is 33.9 Å². The number of nitrogens with one attached hydrogen (secondary N) is 1. The quantitative estimate of drug-likeness (QED) is 0.0824. The van der Waals surface area contributed by atoms with E-state index < -0.39 is 36.1 Å². The van der Waals surface area contributed by atoms with Gasteiger partial charge in [-0.2, -0.15) is 0 Å². The maximum atomic E-state index is 13.5. The van der Waals surface area contributed by atoms with E-state index in [0.717, 1.165) is 50.1 Å². The van der Waals surface area contributed by atoms with E-state index in [-0.39, 0.29) is 47.7 Å². The van der Waals surface area contributed by atoms with Gasteiger partial charge in [-0.1, -0.05) is 64.1 Å². The normalized spacial score (nSPS) is 12.5. The first-order chi connectivity index (χ1) is 33.6. The number of aliphatic carboxylic acids is 1. The molecule has 0 aliphatic heterocycles. The average Bonchev–Trinajstić information content (AvgIpc) is 3.30. The second-order valence-electron chi connectivity index (χ2n) is 18.4. The first-order valence-electron chi connectivity index (χ1n) is 23.4. The summed E-state index contributed by atoms with van der Waals surface area (Å²) >= 11 is 0. The van der Waals surface area contributed by atoms with Gasteiger partial charge in [-0.15, -0.1) is 0 Å². The van der Waals surface area contributed by atoms with E-state index in [0.29, 0.717) is 5.56 Å². The summed E-state index contributed by atoms with van der Waals surface area (Å²) in [5.41, 5.74) is 17.5. The third-order valence-electron chi connectivity index (χ3n) is 12.0. The monoisotopic (exact) mass is 969 g/mol. The van der Waals surface area contributed by atoms with Gasteiger partial charge in [0.2, 0.25) is 5.91 Å². The van der Waals surface area contributed by atoms with Crippen LogP contribution < -0.4 is 22.2 Å². The number of benzene rings is 2. The minimum atomic E-state index is -0.976. The van der Waals surface area contributed by atoms with Crippen LogP contribution in [-0.4, -0.2) is 62.2 Å². The Kier molecular flexibility index (Phi) is 20.5. The maximum Gasteiger partial charge on any atom is 0.327 e. The Morgan fingerprint density at radius 2 is 1.01 bits per heavy atom. The number of pyridine rings is 4. The average molecular weight is 969 g/mol. The van der Waals surface area contributed by atoms with Gasteiger partial charge in [-0.25, -0.2) is 4.79 Å². The van der Waals surface area contributed by atoms with Crippen molar-refractivity contribution in [1.82, 2.24) is 24.4 Å². The first-order valence-corrected chi connectivity index (χ1v) is 23.4. The summed E-state index contributed by atoms with van der Waals surface area (Å²) in [5.74, 6) is -2.38. The van der Waals surface area contributed by atoms with Gasteiger partial charge < -0.3 is 34.8 Å². The smallest absolute Gasteiger partial charge is 0.327 e. The molecule has 0 bridgehead atoms. The zero-order valence-electron chi connectivity index (χ0n) is 42.9. The molecule has 0 aliphatic rings. The highest BCUT2D eigenvalue weighted by Crippen LogP contribution is 2.31. The number of aromatic nitrogens is 4. The Morgan fingerprint density at radius 3 is 1.42 bits per heavy atom. The highest BCUT2D eigenvalue weighted by Gasteiger charge is 2.29. The van der Waals surface area contributed by atoms with E-state index in [1.54, 1.807) is 57.7 Å². The second-order valence-corrected chi connectivity index (χ2v) is 18.4. The lowest BCUT2D eigenvalue weighted by atomic mass is 9.94. The van der Waals surface area contributed by atoms with Crippen molar-refractivity contribution in [2.45, 2.75) is 106 Å². The fourth-order valence-electron chi connectivity index (χ4n) is 8.37. The highest BCUT2D eigenvalue weighted by atomic mass is 16.5. The molecule has 0 aliphatic carbocycles. The molecule has 4 N–H and O–H groups in total. The zero-order chi connectivity index (χ0) is 52.7. The molecule has 2 unspecified atom stereocenters. The predicted molar refractivity (Wildman–Crippen MR) is 276 cm³/mol. The van der Waals surface area contributed by atoms with Crippen LogP contribution in [0.25, 0.3) is 22.3 Å². The van der Waals surface area contributed by atoms with E-state index >= 15 is 0 Å². The number of ether oxygens (including phenoxy) is 2. The lowest BCUT2D eigenvalue weighted by Gasteiger charge is -2.26. The Morgan fingerprint density at radius 1 is 0.606 bits per heavy atom. The van der Waals surface area contributed by atoms with Crippen LogP contribution in [0.3, 0.4) is 0 Å². The number of nitrogens with two attached hydrogens (primary N) is 1. The van der Waals surface area contributed by atoms with Crippen LogP contribution in [0.4, 0.5) is 0 Å². The molecule has 71 heavy (non-hydrogen) atoms. The number of rotatable bonds is 15. The van der Waals surface area contributed by atoms with Gasteiger partial charge in [0.25, 0.3) is 11.1 Å². The van der Waals surface area contributed by atoms with Crippen molar-refractivity contribution in [2.75, 3.05) is 14.2 Å². The summed E-state index contributed by atoms with van der Waals surface area (Å²) in [6.45, 7) is 19.2. The fraction of sp³-hybridized carbons (Fsp3) is 0.357. The minimum absolute atomic E-state index is 0.0618. The molecule has 4 atom stereocenters. The number of amides is 1. The Bertz CT molecular complexity index is 2900. The van der Waals surface area contributed by atoms with E-state index in [4.69, 9.17) is 15.6 Å². The number of hydrogen-bond donors (Lipinski definition) is 3. The molecule has 4 aromatic heterocycles. The summed E-state index contributed by atoms with van der Waals surface area (Å²) in [4.78, 5) is 81.0. The summed E-state index contributed by atoms with van der Waals surface area (Å²) in [6, 6.07) is 20.1. The number of esters is 2. The molecule has 1 amide bonds. The zero-order valence-corrected chi connectivity index (χ0v) is 42.9. The summed E-state index contributed by atoms with van der Waals surface area (Å²) in [5, 5.41) is 12.0. The van der Waals surface area contributed by atoms with Crippen molar-refractivity contribution in [3.63, 3.8) is 0 Å². The van der Waals surface area contributed by atoms with E-state index in [2.05, 4.69) is 46.0 Å². The number of carbonyl (C=O) groups excluding carboxylic acids is 3. The number of aryl methyl sites for hydroxylation is 6. The van der Waals surface area contributed by atoms with E-state index in [1.807, 2.05) is 77.2 Å². The molecule has 6 rings (SSSR count). The largest absolute Gasteiger partial charge is 0.480 e. The Balaban J connectivity index is 0.000000257. The lowest BCUT2D eigenvalue weighted by Crippen LogP contribution is -2.41. The number of hydrogen-bond acceptors (Lipinski definition) is 11. The van der Waals surface area contributed by atoms with Crippen LogP contribution in [0.2, 0.25) is 0 Å². The summed E-state index contributed by atoms with van der Waals surface area (Å²) < 4.78 is 12.3. The van der Waals surface area contributed by atoms with Gasteiger partial charge in [0.15, 0.2) is 0 Å². The second kappa shape index (κ2) is 25.9. The molecule has 0 fully saturated rings. The molecular weight excluding hydrogens is 901 g/mol. The minimum Gasteiger partial charge on any atom is -0.480 e. The van der Waals surface area contributed by atoms with Crippen LogP contribution in [0, 0.1) is 53.4 Å². The number of carbonyl (C=O) groups is 4. The van der Waals surface area contributed by atoms with Crippen LogP contribution in [0.5, 0.6) is 0 Å². The first kappa shape index (κ1) is 56.1. The molecule has 0 saturated carbocycles. The van der Waals surface area contributed by atoms with Crippen LogP contribution >= 0.6 is 0 Å². The van der Waals surface area contributed by atoms with Crippen molar-refractivity contribution in [3.05, 3.63) is 175 Å². The topological polar surface area (TPSA) is 215 Å². The maximum absolute atomic E-state index is 13.5. The van der Waals surface area contributed by atoms with E-state index in [1.165, 1.54) is 52.8 Å². The molecule has 15 heteroatoms. The van der Waals surface area contributed by atoms with Crippen LogP contribution in [0.1, 0.15) is 109 Å². The molecule has 6 aromatic rings. The third kappa shape index (κ3) is 15.2. The predicted octanol–water partition coefficient (Wildman–Crippen LogP) is 8.82. The van der Waals surface area contributed by atoms with Gasteiger partial charge in [-0.05, 0) is 133 Å². The molecular formula is C56H68N6O9. The van der Waals surface area contributed by atoms with Crippen molar-refractivity contribution in [1.29, 1.82) is 0 Å². The Labute approximate surface area is 416 Å². The SMILES string of the molecule is COC(=O)C[C@H](N)c1cncc(-c2c(C)cccc2C)c1.COC(=O)C[C@H](NC(=O)C(C(C)C)n1ccc(C)cc1=O)c1cncc(-c2c(C)cccc2C)c1.Cc1ccn(C(C(=O)O)C(C)C)c(=O)c1. The van der Waals surface area contributed by atoms with Gasteiger partial charge in [0.05, 0.1) is 33.1 Å². The fourth-order valence-corrected chi connectivity index (χ4v) is 8.37.